The number of ether oxygens (including phenoxy) is 2. The van der Waals surface area contributed by atoms with Crippen molar-refractivity contribution >= 4 is 11.5 Å². The topological polar surface area (TPSA) is 85.5 Å². The van der Waals surface area contributed by atoms with Gasteiger partial charge in [0, 0.05) is 20.2 Å². The second-order valence-electron chi connectivity index (χ2n) is 4.30. The molecule has 0 amide bonds. The molecule has 114 valence electrons. The zero-order valence-corrected chi connectivity index (χ0v) is 12.8. The van der Waals surface area contributed by atoms with Crippen molar-refractivity contribution in [1.29, 1.82) is 0 Å². The Labute approximate surface area is 120 Å². The van der Waals surface area contributed by atoms with Crippen molar-refractivity contribution in [3.05, 3.63) is 5.82 Å². The first-order chi connectivity index (χ1) is 9.65. The van der Waals surface area contributed by atoms with Gasteiger partial charge in [-0.15, -0.1) is 0 Å². The number of aromatic nitrogens is 2. The van der Waals surface area contributed by atoms with Gasteiger partial charge in [-0.25, -0.2) is 4.98 Å². The van der Waals surface area contributed by atoms with Crippen LogP contribution >= 0.6 is 0 Å². The van der Waals surface area contributed by atoms with E-state index < -0.39 is 0 Å². The van der Waals surface area contributed by atoms with Crippen molar-refractivity contribution in [2.75, 3.05) is 51.4 Å². The maximum atomic E-state index is 5.97. The zero-order valence-electron chi connectivity index (χ0n) is 12.8. The number of hydrogen-bond donors (Lipinski definition) is 2. The molecule has 0 unspecified atom stereocenters. The molecule has 1 rings (SSSR count). The lowest BCUT2D eigenvalue weighted by Crippen LogP contribution is -2.29. The molecule has 0 radical (unpaired) electrons. The summed E-state index contributed by atoms with van der Waals surface area (Å²) >= 11 is 0. The third kappa shape index (κ3) is 4.50. The molecule has 1 aromatic rings. The van der Waals surface area contributed by atoms with Crippen molar-refractivity contribution in [1.82, 2.24) is 14.9 Å². The number of methoxy groups -OCH3 is 2. The quantitative estimate of drug-likeness (QED) is 0.698. The Bertz CT molecular complexity index is 410. The second-order valence-corrected chi connectivity index (χ2v) is 4.30. The van der Waals surface area contributed by atoms with E-state index in [0.717, 1.165) is 26.2 Å². The largest absolute Gasteiger partial charge is 0.479 e. The fraction of sp³-hybridized carbons (Fsp3) is 0.692. The Hall–Kier alpha value is -1.60. The summed E-state index contributed by atoms with van der Waals surface area (Å²) in [6, 6.07) is 0. The molecule has 0 aliphatic rings. The molecule has 0 aliphatic heterocycles. The lowest BCUT2D eigenvalue weighted by molar-refractivity contribution is 0.177. The van der Waals surface area contributed by atoms with Crippen molar-refractivity contribution in [3.8, 4) is 5.88 Å². The molecular weight excluding hydrogens is 258 g/mol. The first-order valence-electron chi connectivity index (χ1n) is 6.81. The molecule has 3 N–H and O–H groups in total. The van der Waals surface area contributed by atoms with Gasteiger partial charge >= 0.3 is 0 Å². The molecule has 0 aromatic carbocycles. The van der Waals surface area contributed by atoms with Crippen LogP contribution in [0.15, 0.2) is 0 Å². The highest BCUT2D eigenvalue weighted by molar-refractivity contribution is 5.66. The van der Waals surface area contributed by atoms with Gasteiger partial charge in [0.15, 0.2) is 11.6 Å². The van der Waals surface area contributed by atoms with Gasteiger partial charge in [0.2, 0.25) is 5.88 Å². The van der Waals surface area contributed by atoms with Crippen molar-refractivity contribution in [2.24, 2.45) is 0 Å². The minimum Gasteiger partial charge on any atom is -0.479 e. The van der Waals surface area contributed by atoms with Crippen LogP contribution in [0.2, 0.25) is 0 Å². The van der Waals surface area contributed by atoms with Crippen LogP contribution in [-0.2, 0) is 11.3 Å². The van der Waals surface area contributed by atoms with Crippen LogP contribution in [0.4, 0.5) is 11.5 Å². The van der Waals surface area contributed by atoms with Gasteiger partial charge < -0.3 is 25.4 Å². The molecule has 0 fully saturated rings. The number of rotatable bonds is 9. The molecule has 0 aliphatic carbocycles. The highest BCUT2D eigenvalue weighted by Crippen LogP contribution is 2.25. The highest BCUT2D eigenvalue weighted by Gasteiger charge is 2.12. The van der Waals surface area contributed by atoms with E-state index in [1.165, 1.54) is 7.11 Å². The van der Waals surface area contributed by atoms with Crippen LogP contribution in [0.1, 0.15) is 19.7 Å². The monoisotopic (exact) mass is 283 g/mol. The Morgan fingerprint density at radius 2 is 1.90 bits per heavy atom. The number of nitrogens with two attached hydrogens (primary N) is 1. The van der Waals surface area contributed by atoms with Crippen LogP contribution in [0, 0.1) is 0 Å². The van der Waals surface area contributed by atoms with Crippen LogP contribution in [0.3, 0.4) is 0 Å². The Morgan fingerprint density at radius 1 is 1.20 bits per heavy atom. The third-order valence-electron chi connectivity index (χ3n) is 3.04. The van der Waals surface area contributed by atoms with Gasteiger partial charge in [0.05, 0.1) is 7.11 Å². The number of hydrogen-bond acceptors (Lipinski definition) is 7. The van der Waals surface area contributed by atoms with Gasteiger partial charge in [-0.3, -0.25) is 0 Å². The average Bonchev–Trinajstić information content (AvgIpc) is 2.46. The first kappa shape index (κ1) is 16.5. The van der Waals surface area contributed by atoms with E-state index >= 15 is 0 Å². The number of nitrogen functional groups attached to an aromatic ring is 1. The Kier molecular flexibility index (Phi) is 7.03. The van der Waals surface area contributed by atoms with E-state index in [1.807, 2.05) is 0 Å². The lowest BCUT2D eigenvalue weighted by Gasteiger charge is -2.19. The number of nitrogens with zero attached hydrogens (tertiary/aromatic N) is 3. The van der Waals surface area contributed by atoms with Gasteiger partial charge in [0.25, 0.3) is 0 Å². The average molecular weight is 283 g/mol. The van der Waals surface area contributed by atoms with Gasteiger partial charge in [-0.2, -0.15) is 4.98 Å². The molecule has 7 heteroatoms. The van der Waals surface area contributed by atoms with Crippen molar-refractivity contribution < 1.29 is 9.47 Å². The molecule has 0 atom stereocenters. The highest BCUT2D eigenvalue weighted by atomic mass is 16.5. The van der Waals surface area contributed by atoms with E-state index in [9.17, 15) is 0 Å². The molecule has 0 saturated carbocycles. The maximum absolute atomic E-state index is 5.97. The minimum atomic E-state index is 0.321. The normalized spacial score (nSPS) is 10.8. The van der Waals surface area contributed by atoms with Gasteiger partial charge in [0.1, 0.15) is 12.3 Å². The maximum Gasteiger partial charge on any atom is 0.242 e. The Morgan fingerprint density at radius 3 is 2.45 bits per heavy atom. The van der Waals surface area contributed by atoms with E-state index in [0.29, 0.717) is 29.8 Å². The fourth-order valence-electron chi connectivity index (χ4n) is 1.85. The lowest BCUT2D eigenvalue weighted by atomic mass is 10.4. The summed E-state index contributed by atoms with van der Waals surface area (Å²) in [5.41, 5.74) is 6.40. The van der Waals surface area contributed by atoms with Crippen LogP contribution < -0.4 is 15.8 Å². The van der Waals surface area contributed by atoms with Gasteiger partial charge in [-0.05, 0) is 13.1 Å². The fourth-order valence-corrected chi connectivity index (χ4v) is 1.85. The summed E-state index contributed by atoms with van der Waals surface area (Å²) in [4.78, 5) is 10.8. The van der Waals surface area contributed by atoms with Crippen molar-refractivity contribution in [2.45, 2.75) is 20.5 Å². The summed E-state index contributed by atoms with van der Waals surface area (Å²) in [5, 5.41) is 3.23. The summed E-state index contributed by atoms with van der Waals surface area (Å²) in [5.74, 6) is 1.51. The zero-order chi connectivity index (χ0) is 15.0. The minimum absolute atomic E-state index is 0.321. The molecule has 0 saturated heterocycles. The van der Waals surface area contributed by atoms with E-state index in [2.05, 4.69) is 34.0 Å². The first-order valence-corrected chi connectivity index (χ1v) is 6.81. The molecule has 1 heterocycles. The molecule has 1 aromatic heterocycles. The molecule has 7 nitrogen and oxygen atoms in total. The standard InChI is InChI=1S/C13H25N5O2/c1-5-18(6-2)8-7-15-12-11(14)13(20-4)17-10(16-12)9-19-3/h5-9,14H2,1-4H3,(H,15,16,17). The predicted octanol–water partition coefficient (Wildman–Crippen LogP) is 0.967. The smallest absolute Gasteiger partial charge is 0.242 e. The van der Waals surface area contributed by atoms with E-state index in [-0.39, 0.29) is 0 Å². The number of likely N-dealkylation sites (N-methyl/N-ethyl adjacent to an activating group) is 1. The molecular formula is C13H25N5O2. The summed E-state index contributed by atoms with van der Waals surface area (Å²) in [6.45, 7) is 8.34. The predicted molar refractivity (Wildman–Crippen MR) is 80.0 cm³/mol. The number of nitrogens with one attached hydrogen (secondary N) is 1. The van der Waals surface area contributed by atoms with Crippen molar-refractivity contribution in [3.63, 3.8) is 0 Å². The SMILES string of the molecule is CCN(CC)CCNc1nc(COC)nc(OC)c1N. The molecule has 0 spiro atoms. The van der Waals surface area contributed by atoms with Gasteiger partial charge in [-0.1, -0.05) is 13.8 Å². The van der Waals surface area contributed by atoms with E-state index in [1.54, 1.807) is 7.11 Å². The number of anilines is 2. The molecule has 0 bridgehead atoms. The van der Waals surface area contributed by atoms with Crippen LogP contribution in [0.5, 0.6) is 5.88 Å². The second kappa shape index (κ2) is 8.55. The van der Waals surface area contributed by atoms with Crippen LogP contribution in [-0.4, -0.2) is 55.3 Å². The Balaban J connectivity index is 2.74. The van der Waals surface area contributed by atoms with Crippen LogP contribution in [0.25, 0.3) is 0 Å². The molecule has 20 heavy (non-hydrogen) atoms. The third-order valence-corrected chi connectivity index (χ3v) is 3.04. The summed E-state index contributed by atoms with van der Waals surface area (Å²) < 4.78 is 10.2. The van der Waals surface area contributed by atoms with E-state index in [4.69, 9.17) is 15.2 Å². The summed E-state index contributed by atoms with van der Waals surface area (Å²) in [6.07, 6.45) is 0. The summed E-state index contributed by atoms with van der Waals surface area (Å²) in [7, 11) is 3.13.